The second kappa shape index (κ2) is 7.17. The Hall–Kier alpha value is -2.05. The van der Waals surface area contributed by atoms with Crippen molar-refractivity contribution in [2.24, 2.45) is 15.6 Å². The fraction of sp³-hybridized carbons (Fsp3) is 0.500. The SMILES string of the molecule is CC(C)(C)C1=C(Cl)C=CC(N=Nc2cccc(C(C)(C)C)c2)C1(O)[N+](=O)[O-]. The molecule has 0 bridgehead atoms. The van der Waals surface area contributed by atoms with Crippen LogP contribution in [-0.2, 0) is 5.41 Å². The smallest absolute Gasteiger partial charge is 0.325 e. The van der Waals surface area contributed by atoms with Gasteiger partial charge in [-0.15, -0.1) is 0 Å². The van der Waals surface area contributed by atoms with Crippen molar-refractivity contribution in [3.63, 3.8) is 0 Å². The number of hydrogen-bond acceptors (Lipinski definition) is 5. The number of rotatable bonds is 3. The van der Waals surface area contributed by atoms with Crippen LogP contribution in [0.3, 0.4) is 0 Å². The highest BCUT2D eigenvalue weighted by Crippen LogP contribution is 2.44. The molecule has 1 aliphatic carbocycles. The molecular formula is C20H26ClN3O3. The molecule has 0 amide bonds. The Labute approximate surface area is 164 Å². The number of allylic oxidation sites excluding steroid dienone is 2. The number of halogens is 1. The lowest BCUT2D eigenvalue weighted by Gasteiger charge is -2.35. The molecule has 0 saturated heterocycles. The average molecular weight is 392 g/mol. The van der Waals surface area contributed by atoms with Crippen molar-refractivity contribution in [2.75, 3.05) is 0 Å². The van der Waals surface area contributed by atoms with Gasteiger partial charge < -0.3 is 5.11 Å². The zero-order valence-corrected chi connectivity index (χ0v) is 17.3. The van der Waals surface area contributed by atoms with Gasteiger partial charge in [0, 0.05) is 0 Å². The second-order valence-electron chi connectivity index (χ2n) is 8.78. The number of nitro groups is 1. The maximum absolute atomic E-state index is 11.8. The van der Waals surface area contributed by atoms with Crippen LogP contribution in [0, 0.1) is 15.5 Å². The van der Waals surface area contributed by atoms with Crippen LogP contribution in [-0.4, -0.2) is 21.8 Å². The molecular weight excluding hydrogens is 366 g/mol. The Kier molecular flexibility index (Phi) is 5.64. The molecule has 0 fully saturated rings. The van der Waals surface area contributed by atoms with Crippen molar-refractivity contribution in [1.29, 1.82) is 0 Å². The van der Waals surface area contributed by atoms with Gasteiger partial charge in [0.05, 0.1) is 21.2 Å². The summed E-state index contributed by atoms with van der Waals surface area (Å²) in [5, 5.41) is 31.2. The van der Waals surface area contributed by atoms with Gasteiger partial charge in [-0.2, -0.15) is 10.2 Å². The minimum absolute atomic E-state index is 0.0620. The van der Waals surface area contributed by atoms with E-state index < -0.39 is 22.1 Å². The monoisotopic (exact) mass is 391 g/mol. The highest BCUT2D eigenvalue weighted by atomic mass is 35.5. The molecule has 0 saturated carbocycles. The molecule has 27 heavy (non-hydrogen) atoms. The predicted octanol–water partition coefficient (Wildman–Crippen LogP) is 5.51. The lowest BCUT2D eigenvalue weighted by Crippen LogP contribution is -2.53. The molecule has 7 heteroatoms. The fourth-order valence-electron chi connectivity index (χ4n) is 3.11. The summed E-state index contributed by atoms with van der Waals surface area (Å²) in [6.45, 7) is 11.5. The molecule has 2 atom stereocenters. The van der Waals surface area contributed by atoms with Crippen LogP contribution in [0.25, 0.3) is 0 Å². The molecule has 0 radical (unpaired) electrons. The van der Waals surface area contributed by atoms with E-state index in [4.69, 9.17) is 11.6 Å². The van der Waals surface area contributed by atoms with Crippen LogP contribution in [0.2, 0.25) is 0 Å². The van der Waals surface area contributed by atoms with E-state index >= 15 is 0 Å². The molecule has 1 aliphatic rings. The summed E-state index contributed by atoms with van der Waals surface area (Å²) in [5.41, 5.74) is -1.47. The van der Waals surface area contributed by atoms with Crippen molar-refractivity contribution in [3.05, 3.63) is 62.7 Å². The third kappa shape index (κ3) is 4.28. The van der Waals surface area contributed by atoms with Gasteiger partial charge in [-0.1, -0.05) is 65.3 Å². The quantitative estimate of drug-likeness (QED) is 0.319. The maximum Gasteiger partial charge on any atom is 0.375 e. The topological polar surface area (TPSA) is 88.1 Å². The van der Waals surface area contributed by atoms with E-state index in [-0.39, 0.29) is 16.0 Å². The Morgan fingerprint density at radius 2 is 1.81 bits per heavy atom. The summed E-state index contributed by atoms with van der Waals surface area (Å²) in [7, 11) is 0. The molecule has 1 aromatic carbocycles. The van der Waals surface area contributed by atoms with Gasteiger partial charge in [0.15, 0.2) is 6.04 Å². The zero-order valence-electron chi connectivity index (χ0n) is 16.5. The van der Waals surface area contributed by atoms with Crippen molar-refractivity contribution < 1.29 is 10.0 Å². The highest BCUT2D eigenvalue weighted by molar-refractivity contribution is 6.31. The molecule has 1 aromatic rings. The van der Waals surface area contributed by atoms with Gasteiger partial charge in [-0.3, -0.25) is 10.1 Å². The first-order valence-electron chi connectivity index (χ1n) is 8.75. The number of benzene rings is 1. The van der Waals surface area contributed by atoms with Crippen LogP contribution in [0.15, 0.2) is 57.3 Å². The third-order valence-electron chi connectivity index (χ3n) is 4.48. The third-order valence-corrected chi connectivity index (χ3v) is 4.80. The van der Waals surface area contributed by atoms with Gasteiger partial charge in [0.25, 0.3) is 0 Å². The van der Waals surface area contributed by atoms with Crippen LogP contribution in [0.4, 0.5) is 5.69 Å². The van der Waals surface area contributed by atoms with Crippen LogP contribution in [0.5, 0.6) is 0 Å². The van der Waals surface area contributed by atoms with E-state index in [1.807, 2.05) is 18.2 Å². The summed E-state index contributed by atoms with van der Waals surface area (Å²) in [6, 6.07) is 6.33. The largest absolute Gasteiger partial charge is 0.375 e. The first-order chi connectivity index (χ1) is 12.3. The van der Waals surface area contributed by atoms with Crippen molar-refractivity contribution in [1.82, 2.24) is 0 Å². The lowest BCUT2D eigenvalue weighted by molar-refractivity contribution is -0.615. The molecule has 6 nitrogen and oxygen atoms in total. The molecule has 146 valence electrons. The molecule has 2 rings (SSSR count). The Morgan fingerprint density at radius 1 is 1.19 bits per heavy atom. The minimum Gasteiger partial charge on any atom is -0.325 e. The van der Waals surface area contributed by atoms with Crippen LogP contribution in [0.1, 0.15) is 47.1 Å². The highest BCUT2D eigenvalue weighted by Gasteiger charge is 2.58. The van der Waals surface area contributed by atoms with E-state index in [2.05, 4.69) is 31.0 Å². The molecule has 0 heterocycles. The van der Waals surface area contributed by atoms with E-state index in [1.165, 1.54) is 12.2 Å². The van der Waals surface area contributed by atoms with Crippen molar-refractivity contribution in [3.8, 4) is 0 Å². The molecule has 1 N–H and O–H groups in total. The van der Waals surface area contributed by atoms with Gasteiger partial charge in [0.2, 0.25) is 0 Å². The summed E-state index contributed by atoms with van der Waals surface area (Å²) in [4.78, 5) is 11.1. The van der Waals surface area contributed by atoms with Crippen LogP contribution < -0.4 is 0 Å². The summed E-state index contributed by atoms with van der Waals surface area (Å²) >= 11 is 6.21. The van der Waals surface area contributed by atoms with E-state index in [9.17, 15) is 15.2 Å². The van der Waals surface area contributed by atoms with Gasteiger partial charge in [-0.05, 0) is 40.7 Å². The Balaban J connectivity index is 2.46. The normalized spacial score (nSPS) is 23.9. The van der Waals surface area contributed by atoms with Gasteiger partial charge >= 0.3 is 5.72 Å². The first kappa shape index (κ1) is 21.3. The zero-order chi connectivity index (χ0) is 20.6. The van der Waals surface area contributed by atoms with Gasteiger partial charge in [0.1, 0.15) is 0 Å². The van der Waals surface area contributed by atoms with Crippen LogP contribution >= 0.6 is 11.6 Å². The standard InChI is InChI=1S/C20H26ClN3O3/c1-18(2,3)13-8-7-9-14(12-13)22-23-16-11-10-15(21)17(19(4,5)6)20(16,25)24(26)27/h7-12,16,25H,1-6H3. The Bertz CT molecular complexity index is 832. The number of aliphatic hydroxyl groups is 1. The second-order valence-corrected chi connectivity index (χ2v) is 9.18. The summed E-state index contributed by atoms with van der Waals surface area (Å²) < 4.78 is 0. The van der Waals surface area contributed by atoms with E-state index in [0.717, 1.165) is 5.56 Å². The molecule has 0 aliphatic heterocycles. The number of hydrogen-bond donors (Lipinski definition) is 1. The molecule has 0 aromatic heterocycles. The number of azo groups is 1. The molecule has 2 unspecified atom stereocenters. The fourth-order valence-corrected chi connectivity index (χ4v) is 3.60. The van der Waals surface area contributed by atoms with Crippen molar-refractivity contribution in [2.45, 2.75) is 58.7 Å². The van der Waals surface area contributed by atoms with Crippen molar-refractivity contribution >= 4 is 17.3 Å². The van der Waals surface area contributed by atoms with Gasteiger partial charge in [-0.25, -0.2) is 0 Å². The maximum atomic E-state index is 11.8. The number of nitrogens with zero attached hydrogens (tertiary/aromatic N) is 3. The van der Waals surface area contributed by atoms with E-state index in [0.29, 0.717) is 5.69 Å². The first-order valence-corrected chi connectivity index (χ1v) is 9.13. The summed E-state index contributed by atoms with van der Waals surface area (Å²) in [5.74, 6) is 0. The van der Waals surface area contributed by atoms with E-state index in [1.54, 1.807) is 26.8 Å². The minimum atomic E-state index is -2.45. The Morgan fingerprint density at radius 3 is 2.33 bits per heavy atom. The lowest BCUT2D eigenvalue weighted by atomic mass is 9.75. The average Bonchev–Trinajstić information content (AvgIpc) is 2.52. The predicted molar refractivity (Wildman–Crippen MR) is 107 cm³/mol. The summed E-state index contributed by atoms with van der Waals surface area (Å²) in [6.07, 6.45) is 2.95. The molecule has 0 spiro atoms.